The van der Waals surface area contributed by atoms with Crippen molar-refractivity contribution in [3.8, 4) is 0 Å². The van der Waals surface area contributed by atoms with Gasteiger partial charge in [-0.1, -0.05) is 0 Å². The Hall–Kier alpha value is -2.97. The predicted octanol–water partition coefficient (Wildman–Crippen LogP) is 0.678. The van der Waals surface area contributed by atoms with E-state index in [0.29, 0.717) is 24.2 Å². The van der Waals surface area contributed by atoms with Gasteiger partial charge in [-0.05, 0) is 31.0 Å². The summed E-state index contributed by atoms with van der Waals surface area (Å²) in [4.78, 5) is 18.7. The van der Waals surface area contributed by atoms with Crippen LogP contribution < -0.4 is 5.73 Å². The maximum atomic E-state index is 12.6. The number of carbonyl (C=O) groups is 1. The number of anilines is 1. The van der Waals surface area contributed by atoms with Crippen molar-refractivity contribution in [2.24, 2.45) is 0 Å². The van der Waals surface area contributed by atoms with E-state index in [1.165, 1.54) is 0 Å². The highest BCUT2D eigenvalue weighted by molar-refractivity contribution is 5.97. The Kier molecular flexibility index (Phi) is 3.18. The monoisotopic (exact) mass is 312 g/mol. The molecule has 1 fully saturated rings. The van der Waals surface area contributed by atoms with Crippen molar-refractivity contribution in [2.75, 3.05) is 18.8 Å². The van der Waals surface area contributed by atoms with Crippen LogP contribution in [-0.4, -0.2) is 54.5 Å². The van der Waals surface area contributed by atoms with Gasteiger partial charge in [0.1, 0.15) is 16.9 Å². The quantitative estimate of drug-likeness (QED) is 0.638. The first-order chi connectivity index (χ1) is 11.2. The molecule has 1 amide bonds. The Balaban J connectivity index is 1.46. The summed E-state index contributed by atoms with van der Waals surface area (Å²) in [6.07, 6.45) is 1.68. The molecule has 118 valence electrons. The Labute approximate surface area is 131 Å². The molecule has 9 nitrogen and oxygen atoms in total. The molecule has 3 heterocycles. The summed E-state index contributed by atoms with van der Waals surface area (Å²) in [5.41, 5.74) is 7.62. The summed E-state index contributed by atoms with van der Waals surface area (Å²) in [5.74, 6) is 1.35. The van der Waals surface area contributed by atoms with Crippen LogP contribution >= 0.6 is 0 Å². The topological polar surface area (TPSA) is 129 Å². The van der Waals surface area contributed by atoms with Gasteiger partial charge in [-0.25, -0.2) is 0 Å². The number of amides is 1. The standard InChI is InChI=1S/C14H16N8O/c15-14-16-12(19-20-14)8-3-5-22(6-4-8)13(23)9-1-2-10-11(7-9)18-21-17-10/h1-2,7-8H,3-6H2,(H,17,18,21)(H3,15,16,19,20). The molecule has 0 atom stereocenters. The highest BCUT2D eigenvalue weighted by Crippen LogP contribution is 2.26. The van der Waals surface area contributed by atoms with Gasteiger partial charge in [0.2, 0.25) is 5.95 Å². The van der Waals surface area contributed by atoms with Gasteiger partial charge in [-0.3, -0.25) is 9.89 Å². The average molecular weight is 312 g/mol. The van der Waals surface area contributed by atoms with Gasteiger partial charge in [-0.2, -0.15) is 20.4 Å². The molecule has 1 aliphatic heterocycles. The molecule has 1 aromatic carbocycles. The van der Waals surface area contributed by atoms with E-state index in [0.717, 1.165) is 24.2 Å². The second-order valence-electron chi connectivity index (χ2n) is 5.67. The fourth-order valence-corrected chi connectivity index (χ4v) is 2.98. The SMILES string of the molecule is Nc1n[nH]c(C2CCN(C(=O)c3ccc4n[nH]nc4c3)CC2)n1. The van der Waals surface area contributed by atoms with Crippen molar-refractivity contribution in [2.45, 2.75) is 18.8 Å². The maximum Gasteiger partial charge on any atom is 0.253 e. The summed E-state index contributed by atoms with van der Waals surface area (Å²) >= 11 is 0. The lowest BCUT2D eigenvalue weighted by Crippen LogP contribution is -2.38. The third kappa shape index (κ3) is 2.50. The van der Waals surface area contributed by atoms with Crippen LogP contribution in [0.25, 0.3) is 11.0 Å². The highest BCUT2D eigenvalue weighted by atomic mass is 16.2. The number of hydrogen-bond donors (Lipinski definition) is 3. The number of nitrogens with two attached hydrogens (primary N) is 1. The Morgan fingerprint density at radius 2 is 1.96 bits per heavy atom. The Morgan fingerprint density at radius 3 is 2.70 bits per heavy atom. The number of piperidine rings is 1. The number of carbonyl (C=O) groups excluding carboxylic acids is 1. The van der Waals surface area contributed by atoms with Crippen molar-refractivity contribution in [1.29, 1.82) is 0 Å². The summed E-state index contributed by atoms with van der Waals surface area (Å²) in [6, 6.07) is 5.36. The fraction of sp³-hybridized carbons (Fsp3) is 0.357. The molecule has 1 aliphatic rings. The van der Waals surface area contributed by atoms with E-state index in [1.807, 2.05) is 4.90 Å². The number of nitrogen functional groups attached to an aromatic ring is 1. The third-order valence-electron chi connectivity index (χ3n) is 4.25. The average Bonchev–Trinajstić information content (AvgIpc) is 3.22. The van der Waals surface area contributed by atoms with Gasteiger partial charge in [0, 0.05) is 24.6 Å². The van der Waals surface area contributed by atoms with Crippen molar-refractivity contribution >= 4 is 22.9 Å². The smallest absolute Gasteiger partial charge is 0.253 e. The van der Waals surface area contributed by atoms with Crippen LogP contribution in [0.3, 0.4) is 0 Å². The van der Waals surface area contributed by atoms with Crippen LogP contribution in [0.15, 0.2) is 18.2 Å². The number of benzene rings is 1. The van der Waals surface area contributed by atoms with Gasteiger partial charge in [0.15, 0.2) is 0 Å². The molecule has 1 saturated heterocycles. The molecule has 9 heteroatoms. The number of nitrogens with one attached hydrogen (secondary N) is 2. The van der Waals surface area contributed by atoms with Crippen LogP contribution in [0.2, 0.25) is 0 Å². The highest BCUT2D eigenvalue weighted by Gasteiger charge is 2.26. The first-order valence-electron chi connectivity index (χ1n) is 7.48. The number of aromatic amines is 2. The number of rotatable bonds is 2. The second-order valence-corrected chi connectivity index (χ2v) is 5.67. The molecule has 2 aromatic heterocycles. The van der Waals surface area contributed by atoms with Gasteiger partial charge in [0.25, 0.3) is 5.91 Å². The summed E-state index contributed by atoms with van der Waals surface area (Å²) in [5, 5.41) is 17.3. The summed E-state index contributed by atoms with van der Waals surface area (Å²) in [7, 11) is 0. The van der Waals surface area contributed by atoms with E-state index in [4.69, 9.17) is 5.73 Å². The van der Waals surface area contributed by atoms with Crippen LogP contribution in [-0.2, 0) is 0 Å². The van der Waals surface area contributed by atoms with Gasteiger partial charge < -0.3 is 10.6 Å². The van der Waals surface area contributed by atoms with E-state index in [-0.39, 0.29) is 17.8 Å². The lowest BCUT2D eigenvalue weighted by Gasteiger charge is -2.31. The minimum Gasteiger partial charge on any atom is -0.367 e. The lowest BCUT2D eigenvalue weighted by molar-refractivity contribution is 0.0711. The molecule has 0 radical (unpaired) electrons. The van der Waals surface area contributed by atoms with Gasteiger partial charge >= 0.3 is 0 Å². The summed E-state index contributed by atoms with van der Waals surface area (Å²) < 4.78 is 0. The molecule has 23 heavy (non-hydrogen) atoms. The van der Waals surface area contributed by atoms with Crippen LogP contribution in [0.4, 0.5) is 5.95 Å². The number of aromatic nitrogens is 6. The maximum absolute atomic E-state index is 12.6. The molecule has 0 saturated carbocycles. The number of hydrogen-bond acceptors (Lipinski definition) is 6. The largest absolute Gasteiger partial charge is 0.367 e. The molecular weight excluding hydrogens is 296 g/mol. The first kappa shape index (κ1) is 13.7. The first-order valence-corrected chi connectivity index (χ1v) is 7.48. The number of nitrogens with zero attached hydrogens (tertiary/aromatic N) is 5. The molecule has 4 N–H and O–H groups in total. The lowest BCUT2D eigenvalue weighted by atomic mass is 9.95. The molecular formula is C14H16N8O. The van der Waals surface area contributed by atoms with Crippen molar-refractivity contribution in [3.63, 3.8) is 0 Å². The van der Waals surface area contributed by atoms with Crippen LogP contribution in [0.1, 0.15) is 34.9 Å². The molecule has 4 rings (SSSR count). The molecule has 0 bridgehead atoms. The van der Waals surface area contributed by atoms with E-state index >= 15 is 0 Å². The van der Waals surface area contributed by atoms with Crippen molar-refractivity contribution < 1.29 is 4.79 Å². The number of fused-ring (bicyclic) bond motifs is 1. The molecule has 0 aliphatic carbocycles. The zero-order valence-electron chi connectivity index (χ0n) is 12.4. The van der Waals surface area contributed by atoms with E-state index < -0.39 is 0 Å². The summed E-state index contributed by atoms with van der Waals surface area (Å²) in [6.45, 7) is 1.36. The van der Waals surface area contributed by atoms with Crippen LogP contribution in [0, 0.1) is 0 Å². The Bertz CT molecular complexity index is 845. The zero-order chi connectivity index (χ0) is 15.8. The van der Waals surface area contributed by atoms with Crippen LogP contribution in [0.5, 0.6) is 0 Å². The van der Waals surface area contributed by atoms with E-state index in [1.54, 1.807) is 18.2 Å². The number of likely N-dealkylation sites (tertiary alicyclic amines) is 1. The van der Waals surface area contributed by atoms with Gasteiger partial charge in [0.05, 0.1) is 0 Å². The minimum absolute atomic E-state index is 0.0189. The number of H-pyrrole nitrogens is 2. The van der Waals surface area contributed by atoms with Gasteiger partial charge in [-0.15, -0.1) is 5.10 Å². The molecule has 0 spiro atoms. The van der Waals surface area contributed by atoms with Crippen molar-refractivity contribution in [3.05, 3.63) is 29.6 Å². The normalized spacial score (nSPS) is 16.1. The molecule has 3 aromatic rings. The van der Waals surface area contributed by atoms with E-state index in [9.17, 15) is 4.79 Å². The zero-order valence-corrected chi connectivity index (χ0v) is 12.4. The minimum atomic E-state index is 0.0189. The third-order valence-corrected chi connectivity index (χ3v) is 4.25. The molecule has 0 unspecified atom stereocenters. The van der Waals surface area contributed by atoms with Crippen molar-refractivity contribution in [1.82, 2.24) is 35.5 Å². The Morgan fingerprint density at radius 1 is 1.17 bits per heavy atom. The van der Waals surface area contributed by atoms with E-state index in [2.05, 4.69) is 30.6 Å². The fourth-order valence-electron chi connectivity index (χ4n) is 2.98. The predicted molar refractivity (Wildman–Crippen MR) is 82.6 cm³/mol. The second kappa shape index (κ2) is 5.34.